The number of fused-ring (bicyclic) bond motifs is 1. The Morgan fingerprint density at radius 1 is 0.975 bits per heavy atom. The van der Waals surface area contributed by atoms with E-state index in [-0.39, 0.29) is 22.3 Å². The van der Waals surface area contributed by atoms with E-state index >= 15 is 0 Å². The monoisotopic (exact) mass is 556 g/mol. The Balaban J connectivity index is 1.60. The van der Waals surface area contributed by atoms with Crippen molar-refractivity contribution in [3.05, 3.63) is 101 Å². The number of nitrogens with two attached hydrogens (primary N) is 1. The number of pyridine rings is 1. The minimum atomic E-state index is -4.03. The number of benzene rings is 3. The molecule has 2 aromatic heterocycles. The van der Waals surface area contributed by atoms with Crippen LogP contribution in [0.1, 0.15) is 5.56 Å². The zero-order valence-corrected chi connectivity index (χ0v) is 23.0. The normalized spacial score (nSPS) is 11.6. The van der Waals surface area contributed by atoms with E-state index in [0.717, 1.165) is 5.56 Å². The lowest BCUT2D eigenvalue weighted by Crippen LogP contribution is -2.23. The molecular formula is C29H28N6O4S. The Morgan fingerprint density at radius 3 is 2.48 bits per heavy atom. The van der Waals surface area contributed by atoms with Crippen molar-refractivity contribution in [2.45, 2.75) is 11.4 Å². The highest BCUT2D eigenvalue weighted by molar-refractivity contribution is 7.92. The molecule has 2 heterocycles. The molecule has 5 rings (SSSR count). The smallest absolute Gasteiger partial charge is 0.267 e. The van der Waals surface area contributed by atoms with E-state index in [1.807, 2.05) is 37.2 Å². The molecule has 204 valence electrons. The van der Waals surface area contributed by atoms with Crippen LogP contribution in [0.2, 0.25) is 0 Å². The summed E-state index contributed by atoms with van der Waals surface area (Å²) in [6.07, 6.45) is 1.50. The quantitative estimate of drug-likeness (QED) is 0.294. The molecule has 40 heavy (non-hydrogen) atoms. The zero-order valence-electron chi connectivity index (χ0n) is 22.2. The molecule has 0 aliphatic carbocycles. The van der Waals surface area contributed by atoms with Crippen LogP contribution < -0.4 is 20.8 Å². The molecule has 0 saturated heterocycles. The van der Waals surface area contributed by atoms with Crippen molar-refractivity contribution in [2.75, 3.05) is 31.7 Å². The van der Waals surface area contributed by atoms with Crippen LogP contribution in [0.25, 0.3) is 27.7 Å². The molecule has 0 spiro atoms. The fourth-order valence-corrected chi connectivity index (χ4v) is 5.65. The lowest BCUT2D eigenvalue weighted by Gasteiger charge is -2.14. The molecule has 10 nitrogen and oxygen atoms in total. The van der Waals surface area contributed by atoms with Gasteiger partial charge in [0.25, 0.3) is 15.6 Å². The number of nitrogen functional groups attached to an aromatic ring is 1. The lowest BCUT2D eigenvalue weighted by molar-refractivity contribution is 0.385. The molecule has 11 heteroatoms. The third-order valence-electron chi connectivity index (χ3n) is 6.22. The molecule has 0 aliphatic rings. The summed E-state index contributed by atoms with van der Waals surface area (Å²) in [5.74, 6) is 0.0149. The van der Waals surface area contributed by atoms with Crippen LogP contribution in [-0.2, 0) is 16.6 Å². The summed E-state index contributed by atoms with van der Waals surface area (Å²) in [7, 11) is 1.25. The summed E-state index contributed by atoms with van der Waals surface area (Å²) in [4.78, 5) is 24.3. The van der Waals surface area contributed by atoms with E-state index in [1.165, 1.54) is 23.9 Å². The first-order valence-corrected chi connectivity index (χ1v) is 13.8. The summed E-state index contributed by atoms with van der Waals surface area (Å²) in [5, 5.41) is 0.326. The number of methoxy groups -OCH3 is 1. The summed E-state index contributed by atoms with van der Waals surface area (Å²) < 4.78 is 35.7. The Morgan fingerprint density at radius 2 is 1.75 bits per heavy atom. The standard InChI is InChI=1S/C29H28N6O4S/c1-34(2)18-19-8-7-11-23(14-19)35-28(36)24-15-20(12-13-25(24)32-29(35)30)21-16-26(27(39-3)31-17-21)40(37,38)33-22-9-5-4-6-10-22/h4-17,33H,18H2,1-3H3,(H2,30,32). The van der Waals surface area contributed by atoms with Gasteiger partial charge >= 0.3 is 0 Å². The van der Waals surface area contributed by atoms with Gasteiger partial charge < -0.3 is 15.4 Å². The third-order valence-corrected chi connectivity index (χ3v) is 7.60. The van der Waals surface area contributed by atoms with Crippen molar-refractivity contribution in [3.8, 4) is 22.7 Å². The van der Waals surface area contributed by atoms with Crippen molar-refractivity contribution in [3.63, 3.8) is 0 Å². The minimum Gasteiger partial charge on any atom is -0.480 e. The number of nitrogens with one attached hydrogen (secondary N) is 1. The topological polar surface area (TPSA) is 132 Å². The van der Waals surface area contributed by atoms with Crippen LogP contribution in [0.5, 0.6) is 5.88 Å². The molecule has 0 saturated carbocycles. The summed E-state index contributed by atoms with van der Waals surface area (Å²) in [6, 6.07) is 22.6. The van der Waals surface area contributed by atoms with E-state index in [0.29, 0.717) is 39.9 Å². The van der Waals surface area contributed by atoms with E-state index in [1.54, 1.807) is 54.6 Å². The van der Waals surface area contributed by atoms with E-state index in [9.17, 15) is 13.2 Å². The summed E-state index contributed by atoms with van der Waals surface area (Å²) in [5.41, 5.74) is 9.39. The first kappa shape index (κ1) is 26.9. The predicted molar refractivity (Wildman–Crippen MR) is 156 cm³/mol. The van der Waals surface area contributed by atoms with Gasteiger partial charge in [-0.05, 0) is 67.7 Å². The van der Waals surface area contributed by atoms with Crippen molar-refractivity contribution in [1.29, 1.82) is 0 Å². The molecule has 3 N–H and O–H groups in total. The van der Waals surface area contributed by atoms with Crippen LogP contribution >= 0.6 is 0 Å². The lowest BCUT2D eigenvalue weighted by atomic mass is 10.1. The maximum Gasteiger partial charge on any atom is 0.267 e. The highest BCUT2D eigenvalue weighted by Gasteiger charge is 2.22. The van der Waals surface area contributed by atoms with E-state index < -0.39 is 10.0 Å². The van der Waals surface area contributed by atoms with Gasteiger partial charge in [-0.1, -0.05) is 36.4 Å². The van der Waals surface area contributed by atoms with Gasteiger partial charge in [0.05, 0.1) is 23.7 Å². The molecule has 3 aromatic carbocycles. The van der Waals surface area contributed by atoms with Crippen LogP contribution in [-0.4, -0.2) is 49.1 Å². The first-order chi connectivity index (χ1) is 19.2. The zero-order chi connectivity index (χ0) is 28.4. The third kappa shape index (κ3) is 5.37. The Hall–Kier alpha value is -4.74. The second-order valence-corrected chi connectivity index (χ2v) is 11.1. The number of hydrogen-bond acceptors (Lipinski definition) is 8. The average Bonchev–Trinajstić information content (AvgIpc) is 2.93. The van der Waals surface area contributed by atoms with Gasteiger partial charge in [-0.2, -0.15) is 0 Å². The first-order valence-electron chi connectivity index (χ1n) is 12.3. The maximum absolute atomic E-state index is 13.7. The number of hydrogen-bond donors (Lipinski definition) is 2. The number of ether oxygens (including phenoxy) is 1. The van der Waals surface area contributed by atoms with Crippen molar-refractivity contribution < 1.29 is 13.2 Å². The average molecular weight is 557 g/mol. The number of anilines is 2. The number of aromatic nitrogens is 3. The van der Waals surface area contributed by atoms with Gasteiger partial charge in [0, 0.05) is 24.0 Å². The number of para-hydroxylation sites is 1. The van der Waals surface area contributed by atoms with Gasteiger partial charge in [-0.25, -0.2) is 23.0 Å². The van der Waals surface area contributed by atoms with Crippen LogP contribution in [0.4, 0.5) is 11.6 Å². The highest BCUT2D eigenvalue weighted by atomic mass is 32.2. The van der Waals surface area contributed by atoms with Crippen molar-refractivity contribution in [1.82, 2.24) is 19.4 Å². The fourth-order valence-electron chi connectivity index (χ4n) is 4.44. The molecule has 0 atom stereocenters. The van der Waals surface area contributed by atoms with Crippen LogP contribution in [0, 0.1) is 0 Å². The number of nitrogens with zero attached hydrogens (tertiary/aromatic N) is 4. The maximum atomic E-state index is 13.7. The Labute approximate surface area is 231 Å². The van der Waals surface area contributed by atoms with E-state index in [2.05, 4.69) is 14.7 Å². The molecular weight excluding hydrogens is 528 g/mol. The SMILES string of the molecule is COc1ncc(-c2ccc3nc(N)n(-c4cccc(CN(C)C)c4)c(=O)c3c2)cc1S(=O)(=O)Nc1ccccc1. The number of rotatable bonds is 8. The largest absolute Gasteiger partial charge is 0.480 e. The molecule has 0 radical (unpaired) electrons. The highest BCUT2D eigenvalue weighted by Crippen LogP contribution is 2.30. The number of sulfonamides is 1. The van der Waals surface area contributed by atoms with E-state index in [4.69, 9.17) is 10.5 Å². The second-order valence-electron chi connectivity index (χ2n) is 9.45. The summed E-state index contributed by atoms with van der Waals surface area (Å²) in [6.45, 7) is 0.697. The molecule has 0 amide bonds. The predicted octanol–water partition coefficient (Wildman–Crippen LogP) is 3.90. The second kappa shape index (κ2) is 10.8. The van der Waals surface area contributed by atoms with Gasteiger partial charge in [0.15, 0.2) is 0 Å². The summed E-state index contributed by atoms with van der Waals surface area (Å²) >= 11 is 0. The van der Waals surface area contributed by atoms with Crippen molar-refractivity contribution >= 4 is 32.6 Å². The van der Waals surface area contributed by atoms with Gasteiger partial charge in [0.2, 0.25) is 11.8 Å². The minimum absolute atomic E-state index is 0.0534. The molecule has 0 fully saturated rings. The van der Waals surface area contributed by atoms with Gasteiger partial charge in [0.1, 0.15) is 4.90 Å². The molecule has 5 aromatic rings. The fraction of sp³-hybridized carbons (Fsp3) is 0.138. The molecule has 0 unspecified atom stereocenters. The molecule has 0 aliphatic heterocycles. The van der Waals surface area contributed by atoms with Crippen molar-refractivity contribution in [2.24, 2.45) is 0 Å². The Bertz CT molecular complexity index is 1870. The van der Waals surface area contributed by atoms with Crippen LogP contribution in [0.15, 0.2) is 94.7 Å². The molecule has 0 bridgehead atoms. The van der Waals surface area contributed by atoms with Gasteiger partial charge in [-0.3, -0.25) is 9.52 Å². The van der Waals surface area contributed by atoms with Crippen LogP contribution in [0.3, 0.4) is 0 Å². The Kier molecular flexibility index (Phi) is 7.24. The van der Waals surface area contributed by atoms with Gasteiger partial charge in [-0.15, -0.1) is 0 Å².